The van der Waals surface area contributed by atoms with Crippen LogP contribution in [-0.2, 0) is 4.79 Å². The van der Waals surface area contributed by atoms with Crippen molar-refractivity contribution in [3.05, 3.63) is 35.9 Å². The van der Waals surface area contributed by atoms with Gasteiger partial charge in [-0.3, -0.25) is 9.59 Å². The van der Waals surface area contributed by atoms with Crippen molar-refractivity contribution in [3.8, 4) is 0 Å². The number of carbonyl (C=O) groups is 2. The van der Waals surface area contributed by atoms with Crippen LogP contribution in [0.15, 0.2) is 30.3 Å². The fourth-order valence-electron chi connectivity index (χ4n) is 2.14. The summed E-state index contributed by atoms with van der Waals surface area (Å²) in [6, 6.07) is 9.29. The minimum absolute atomic E-state index is 0.0533. The summed E-state index contributed by atoms with van der Waals surface area (Å²) in [5.41, 5.74) is 0.714. The molecule has 0 atom stereocenters. The Labute approximate surface area is 117 Å². The summed E-state index contributed by atoms with van der Waals surface area (Å²) in [5.74, 6) is 0.740. The van der Waals surface area contributed by atoms with Gasteiger partial charge in [0.15, 0.2) is 0 Å². The molecule has 0 aliphatic carbocycles. The van der Waals surface area contributed by atoms with E-state index in [1.54, 1.807) is 0 Å². The predicted octanol–water partition coefficient (Wildman–Crippen LogP) is 1.33. The summed E-state index contributed by atoms with van der Waals surface area (Å²) in [7, 11) is 0. The maximum absolute atomic E-state index is 12.2. The molecule has 0 saturated carbocycles. The molecule has 19 heavy (non-hydrogen) atoms. The van der Waals surface area contributed by atoms with Gasteiger partial charge in [-0.05, 0) is 18.4 Å². The number of hydrogen-bond acceptors (Lipinski definition) is 3. The highest BCUT2D eigenvalue weighted by Gasteiger charge is 2.24. The topological polar surface area (TPSA) is 40.6 Å². The largest absolute Gasteiger partial charge is 0.338 e. The predicted molar refractivity (Wildman–Crippen MR) is 77.3 cm³/mol. The van der Waals surface area contributed by atoms with E-state index in [4.69, 9.17) is 0 Å². The Hall–Kier alpha value is -1.49. The lowest BCUT2D eigenvalue weighted by atomic mass is 10.2. The SMILES string of the molecule is CSCC(=O)N1CCN(C(=O)c2ccccc2)CC1. The van der Waals surface area contributed by atoms with Gasteiger partial charge in [-0.25, -0.2) is 0 Å². The third-order valence-electron chi connectivity index (χ3n) is 3.21. The minimum Gasteiger partial charge on any atom is -0.338 e. The normalized spacial score (nSPS) is 15.4. The first-order valence-electron chi connectivity index (χ1n) is 6.33. The van der Waals surface area contributed by atoms with Crippen molar-refractivity contribution >= 4 is 23.6 Å². The quantitative estimate of drug-likeness (QED) is 0.837. The van der Waals surface area contributed by atoms with Crippen LogP contribution in [0.25, 0.3) is 0 Å². The Kier molecular flexibility index (Phi) is 4.85. The molecule has 0 radical (unpaired) electrons. The van der Waals surface area contributed by atoms with Crippen molar-refractivity contribution in [1.82, 2.24) is 9.80 Å². The van der Waals surface area contributed by atoms with Crippen molar-refractivity contribution in [1.29, 1.82) is 0 Å². The number of thioether (sulfide) groups is 1. The molecule has 0 spiro atoms. The number of hydrogen-bond donors (Lipinski definition) is 0. The summed E-state index contributed by atoms with van der Waals surface area (Å²) >= 11 is 1.54. The zero-order valence-corrected chi connectivity index (χ0v) is 11.9. The Morgan fingerprint density at radius 2 is 1.63 bits per heavy atom. The summed E-state index contributed by atoms with van der Waals surface area (Å²) < 4.78 is 0. The molecule has 2 rings (SSSR count). The van der Waals surface area contributed by atoms with Crippen LogP contribution in [0.2, 0.25) is 0 Å². The zero-order chi connectivity index (χ0) is 13.7. The molecule has 0 unspecified atom stereocenters. The van der Waals surface area contributed by atoms with Gasteiger partial charge in [-0.2, -0.15) is 11.8 Å². The second-order valence-corrected chi connectivity index (χ2v) is 5.34. The van der Waals surface area contributed by atoms with E-state index in [-0.39, 0.29) is 11.8 Å². The fraction of sp³-hybridized carbons (Fsp3) is 0.429. The van der Waals surface area contributed by atoms with Crippen molar-refractivity contribution < 1.29 is 9.59 Å². The van der Waals surface area contributed by atoms with Gasteiger partial charge in [-0.1, -0.05) is 18.2 Å². The van der Waals surface area contributed by atoms with Gasteiger partial charge in [0, 0.05) is 31.7 Å². The van der Waals surface area contributed by atoms with E-state index in [0.29, 0.717) is 37.5 Å². The van der Waals surface area contributed by atoms with Crippen molar-refractivity contribution in [2.75, 3.05) is 38.2 Å². The molecular formula is C14H18N2O2S. The molecule has 1 aliphatic rings. The van der Waals surface area contributed by atoms with E-state index in [1.807, 2.05) is 46.4 Å². The van der Waals surface area contributed by atoms with E-state index >= 15 is 0 Å². The zero-order valence-electron chi connectivity index (χ0n) is 11.0. The van der Waals surface area contributed by atoms with Gasteiger partial charge in [0.05, 0.1) is 5.75 Å². The number of rotatable bonds is 3. The highest BCUT2D eigenvalue weighted by Crippen LogP contribution is 2.09. The average Bonchev–Trinajstić information content (AvgIpc) is 2.48. The van der Waals surface area contributed by atoms with Crippen molar-refractivity contribution in [2.45, 2.75) is 0 Å². The molecule has 1 saturated heterocycles. The Balaban J connectivity index is 1.90. The number of amides is 2. The lowest BCUT2D eigenvalue weighted by Gasteiger charge is -2.34. The molecule has 1 aromatic carbocycles. The molecule has 5 heteroatoms. The van der Waals surface area contributed by atoms with Crippen LogP contribution >= 0.6 is 11.8 Å². The highest BCUT2D eigenvalue weighted by atomic mass is 32.2. The number of piperazine rings is 1. The van der Waals surface area contributed by atoms with Crippen LogP contribution in [0.1, 0.15) is 10.4 Å². The molecule has 2 amide bonds. The fourth-order valence-corrected chi connectivity index (χ4v) is 2.57. The smallest absolute Gasteiger partial charge is 0.253 e. The van der Waals surface area contributed by atoms with E-state index < -0.39 is 0 Å². The monoisotopic (exact) mass is 278 g/mol. The second-order valence-electron chi connectivity index (χ2n) is 4.47. The lowest BCUT2D eigenvalue weighted by molar-refractivity contribution is -0.129. The summed E-state index contributed by atoms with van der Waals surface area (Å²) in [6.45, 7) is 2.51. The number of carbonyl (C=O) groups excluding carboxylic acids is 2. The van der Waals surface area contributed by atoms with E-state index in [0.717, 1.165) is 0 Å². The lowest BCUT2D eigenvalue weighted by Crippen LogP contribution is -2.51. The van der Waals surface area contributed by atoms with Crippen LogP contribution in [0.5, 0.6) is 0 Å². The first kappa shape index (κ1) is 13.9. The van der Waals surface area contributed by atoms with Crippen LogP contribution in [0.3, 0.4) is 0 Å². The Morgan fingerprint density at radius 3 is 2.21 bits per heavy atom. The Morgan fingerprint density at radius 1 is 1.05 bits per heavy atom. The highest BCUT2D eigenvalue weighted by molar-refractivity contribution is 7.99. The third kappa shape index (κ3) is 3.50. The summed E-state index contributed by atoms with van der Waals surface area (Å²) in [5, 5.41) is 0. The van der Waals surface area contributed by atoms with Gasteiger partial charge in [0.2, 0.25) is 5.91 Å². The van der Waals surface area contributed by atoms with Crippen molar-refractivity contribution in [3.63, 3.8) is 0 Å². The number of benzene rings is 1. The van der Waals surface area contributed by atoms with Gasteiger partial charge in [0.25, 0.3) is 5.91 Å². The maximum Gasteiger partial charge on any atom is 0.253 e. The van der Waals surface area contributed by atoms with E-state index in [9.17, 15) is 9.59 Å². The molecule has 1 aromatic rings. The molecule has 0 aromatic heterocycles. The van der Waals surface area contributed by atoms with Gasteiger partial charge < -0.3 is 9.80 Å². The van der Waals surface area contributed by atoms with Crippen LogP contribution in [-0.4, -0.2) is 59.8 Å². The standard InChI is InChI=1S/C14H18N2O2S/c1-19-11-13(17)15-7-9-16(10-8-15)14(18)12-5-3-2-4-6-12/h2-6H,7-11H2,1H3. The molecule has 102 valence electrons. The number of nitrogens with zero attached hydrogens (tertiary/aromatic N) is 2. The molecule has 1 heterocycles. The summed E-state index contributed by atoms with van der Waals surface area (Å²) in [6.07, 6.45) is 1.92. The molecule has 4 nitrogen and oxygen atoms in total. The molecule has 1 aliphatic heterocycles. The molecular weight excluding hydrogens is 260 g/mol. The molecule has 1 fully saturated rings. The van der Waals surface area contributed by atoms with Gasteiger partial charge in [-0.15, -0.1) is 0 Å². The Bertz CT molecular complexity index is 442. The first-order valence-corrected chi connectivity index (χ1v) is 7.73. The van der Waals surface area contributed by atoms with Crippen LogP contribution in [0, 0.1) is 0 Å². The second kappa shape index (κ2) is 6.61. The summed E-state index contributed by atoms with van der Waals surface area (Å²) in [4.78, 5) is 27.6. The van der Waals surface area contributed by atoms with E-state index in [2.05, 4.69) is 0 Å². The van der Waals surface area contributed by atoms with Crippen LogP contribution in [0.4, 0.5) is 0 Å². The van der Waals surface area contributed by atoms with Gasteiger partial charge >= 0.3 is 0 Å². The van der Waals surface area contributed by atoms with Crippen molar-refractivity contribution in [2.24, 2.45) is 0 Å². The molecule has 0 N–H and O–H groups in total. The first-order chi connectivity index (χ1) is 9.22. The average molecular weight is 278 g/mol. The van der Waals surface area contributed by atoms with Crippen LogP contribution < -0.4 is 0 Å². The van der Waals surface area contributed by atoms with E-state index in [1.165, 1.54) is 11.8 Å². The molecule has 0 bridgehead atoms. The maximum atomic E-state index is 12.2. The minimum atomic E-state index is 0.0533. The third-order valence-corrected chi connectivity index (χ3v) is 3.74. The van der Waals surface area contributed by atoms with Gasteiger partial charge in [0.1, 0.15) is 0 Å².